The Kier molecular flexibility index (Phi) is 4.36. The van der Waals surface area contributed by atoms with E-state index in [9.17, 15) is 23.1 Å². The molecule has 18 heavy (non-hydrogen) atoms. The fourth-order valence-electron chi connectivity index (χ4n) is 1.25. The van der Waals surface area contributed by atoms with Crippen molar-refractivity contribution >= 4 is 21.9 Å². The first-order chi connectivity index (χ1) is 8.14. The molecule has 4 nitrogen and oxygen atoms in total. The second kappa shape index (κ2) is 5.25. The van der Waals surface area contributed by atoms with Crippen LogP contribution < -0.4 is 0 Å². The highest BCUT2D eigenvalue weighted by Gasteiger charge is 2.32. The smallest absolute Gasteiger partial charge is 0.416 e. The van der Waals surface area contributed by atoms with Crippen LogP contribution in [0.3, 0.4) is 0 Å². The maximum absolute atomic E-state index is 12.4. The van der Waals surface area contributed by atoms with Gasteiger partial charge in [0.05, 0.1) is 5.56 Å². The van der Waals surface area contributed by atoms with E-state index in [1.165, 1.54) is 0 Å². The molecule has 3 N–H and O–H groups in total. The van der Waals surface area contributed by atoms with Crippen molar-refractivity contribution in [1.82, 2.24) is 0 Å². The van der Waals surface area contributed by atoms with Crippen molar-refractivity contribution in [3.8, 4) is 0 Å². The van der Waals surface area contributed by atoms with Crippen molar-refractivity contribution in [1.29, 1.82) is 0 Å². The van der Waals surface area contributed by atoms with Gasteiger partial charge in [0.15, 0.2) is 6.10 Å². The van der Waals surface area contributed by atoms with Crippen LogP contribution in [0.4, 0.5) is 13.2 Å². The lowest BCUT2D eigenvalue weighted by Crippen LogP contribution is -2.27. The van der Waals surface area contributed by atoms with Crippen molar-refractivity contribution in [2.75, 3.05) is 0 Å². The molecule has 0 bridgehead atoms. The van der Waals surface area contributed by atoms with Crippen LogP contribution in [0.15, 0.2) is 22.7 Å². The minimum atomic E-state index is -4.54. The first-order valence-electron chi connectivity index (χ1n) is 4.60. The molecule has 0 spiro atoms. The standard InChI is InChI=1S/C10H8BrF3O4/c11-6-3-4(10(12,13)14)1-2-5(6)7(15)8(16)9(17)18/h1-3,7-8,15-16H,(H,17,18). The summed E-state index contributed by atoms with van der Waals surface area (Å²) in [5.74, 6) is -1.67. The number of rotatable bonds is 3. The van der Waals surface area contributed by atoms with Gasteiger partial charge in [-0.3, -0.25) is 0 Å². The van der Waals surface area contributed by atoms with Crippen molar-refractivity contribution in [3.63, 3.8) is 0 Å². The largest absolute Gasteiger partial charge is 0.479 e. The van der Waals surface area contributed by atoms with Gasteiger partial charge in [-0.05, 0) is 17.7 Å². The maximum atomic E-state index is 12.4. The number of aliphatic hydroxyl groups excluding tert-OH is 2. The number of aliphatic carboxylic acids is 1. The number of alkyl halides is 3. The van der Waals surface area contributed by atoms with E-state index in [-0.39, 0.29) is 10.0 Å². The van der Waals surface area contributed by atoms with Gasteiger partial charge in [-0.15, -0.1) is 0 Å². The van der Waals surface area contributed by atoms with Crippen LogP contribution >= 0.6 is 15.9 Å². The lowest BCUT2D eigenvalue weighted by molar-refractivity contribution is -0.153. The molecule has 0 amide bonds. The molecule has 0 saturated carbocycles. The van der Waals surface area contributed by atoms with Gasteiger partial charge in [-0.1, -0.05) is 22.0 Å². The molecule has 100 valence electrons. The predicted octanol–water partition coefficient (Wildman–Crippen LogP) is 1.95. The molecule has 2 atom stereocenters. The molecular formula is C10H8BrF3O4. The Labute approximate surface area is 108 Å². The zero-order valence-electron chi connectivity index (χ0n) is 8.65. The molecule has 0 aliphatic rings. The number of carboxylic acid groups (broad SMARTS) is 1. The minimum absolute atomic E-state index is 0.134. The van der Waals surface area contributed by atoms with Crippen molar-refractivity contribution in [2.24, 2.45) is 0 Å². The van der Waals surface area contributed by atoms with E-state index in [0.717, 1.165) is 6.07 Å². The first-order valence-corrected chi connectivity index (χ1v) is 5.39. The zero-order valence-corrected chi connectivity index (χ0v) is 10.2. The number of hydrogen-bond donors (Lipinski definition) is 3. The Bertz CT molecular complexity index is 461. The van der Waals surface area contributed by atoms with E-state index < -0.39 is 29.9 Å². The molecule has 2 unspecified atom stereocenters. The fourth-order valence-corrected chi connectivity index (χ4v) is 1.86. The molecule has 0 fully saturated rings. The van der Waals surface area contributed by atoms with E-state index in [4.69, 9.17) is 10.2 Å². The zero-order chi connectivity index (χ0) is 14.1. The predicted molar refractivity (Wildman–Crippen MR) is 57.7 cm³/mol. The summed E-state index contributed by atoms with van der Waals surface area (Å²) in [6.07, 6.45) is -8.48. The van der Waals surface area contributed by atoms with Gasteiger partial charge in [0.1, 0.15) is 6.10 Å². The summed E-state index contributed by atoms with van der Waals surface area (Å²) in [7, 11) is 0. The summed E-state index contributed by atoms with van der Waals surface area (Å²) in [5.41, 5.74) is -1.09. The first kappa shape index (κ1) is 14.9. The lowest BCUT2D eigenvalue weighted by atomic mass is 10.0. The Morgan fingerprint density at radius 3 is 2.22 bits per heavy atom. The number of carboxylic acids is 1. The Balaban J connectivity index is 3.10. The summed E-state index contributed by atoms with van der Waals surface area (Å²) >= 11 is 2.79. The van der Waals surface area contributed by atoms with Crippen molar-refractivity contribution < 1.29 is 33.3 Å². The van der Waals surface area contributed by atoms with Crippen LogP contribution in [-0.4, -0.2) is 27.4 Å². The average Bonchev–Trinajstić information content (AvgIpc) is 2.25. The van der Waals surface area contributed by atoms with Crippen LogP contribution in [0.5, 0.6) is 0 Å². The van der Waals surface area contributed by atoms with Gasteiger partial charge in [0.2, 0.25) is 0 Å². The summed E-state index contributed by atoms with van der Waals surface area (Å²) in [6.45, 7) is 0. The van der Waals surface area contributed by atoms with E-state index in [1.807, 2.05) is 0 Å². The van der Waals surface area contributed by atoms with Crippen LogP contribution in [0.1, 0.15) is 17.2 Å². The number of aliphatic hydroxyl groups is 2. The van der Waals surface area contributed by atoms with E-state index in [1.54, 1.807) is 0 Å². The normalized spacial score (nSPS) is 15.2. The van der Waals surface area contributed by atoms with Gasteiger partial charge < -0.3 is 15.3 Å². The molecule has 1 aromatic rings. The van der Waals surface area contributed by atoms with Gasteiger partial charge in [0.25, 0.3) is 0 Å². The summed E-state index contributed by atoms with van der Waals surface area (Å²) < 4.78 is 36.9. The van der Waals surface area contributed by atoms with Crippen molar-refractivity contribution in [3.05, 3.63) is 33.8 Å². The number of hydrogen-bond acceptors (Lipinski definition) is 3. The molecule has 1 aromatic carbocycles. The summed E-state index contributed by atoms with van der Waals surface area (Å²) in [6, 6.07) is 2.30. The summed E-state index contributed by atoms with van der Waals surface area (Å²) in [4.78, 5) is 10.4. The quantitative estimate of drug-likeness (QED) is 0.792. The van der Waals surface area contributed by atoms with Crippen LogP contribution in [0, 0.1) is 0 Å². The number of benzene rings is 1. The Morgan fingerprint density at radius 2 is 1.83 bits per heavy atom. The Hall–Kier alpha value is -1.12. The van der Waals surface area contributed by atoms with Gasteiger partial charge in [0, 0.05) is 4.47 Å². The number of halogens is 4. The van der Waals surface area contributed by atoms with Crippen LogP contribution in [-0.2, 0) is 11.0 Å². The van der Waals surface area contributed by atoms with Crippen molar-refractivity contribution in [2.45, 2.75) is 18.4 Å². The third kappa shape index (κ3) is 3.21. The molecule has 0 aliphatic carbocycles. The molecule has 0 saturated heterocycles. The highest BCUT2D eigenvalue weighted by atomic mass is 79.9. The third-order valence-electron chi connectivity index (χ3n) is 2.20. The fraction of sp³-hybridized carbons (Fsp3) is 0.300. The highest BCUT2D eigenvalue weighted by Crippen LogP contribution is 2.34. The average molecular weight is 329 g/mol. The molecule has 8 heteroatoms. The topological polar surface area (TPSA) is 77.8 Å². The Morgan fingerprint density at radius 1 is 1.28 bits per heavy atom. The second-order valence-corrected chi connectivity index (χ2v) is 4.32. The van der Waals surface area contributed by atoms with E-state index in [0.29, 0.717) is 12.1 Å². The molecule has 0 radical (unpaired) electrons. The van der Waals surface area contributed by atoms with Crippen LogP contribution in [0.25, 0.3) is 0 Å². The van der Waals surface area contributed by atoms with Gasteiger partial charge in [-0.2, -0.15) is 13.2 Å². The van der Waals surface area contributed by atoms with Gasteiger partial charge >= 0.3 is 12.1 Å². The molecular weight excluding hydrogens is 321 g/mol. The van der Waals surface area contributed by atoms with E-state index >= 15 is 0 Å². The summed E-state index contributed by atoms with van der Waals surface area (Å²) in [5, 5.41) is 27.1. The maximum Gasteiger partial charge on any atom is 0.416 e. The lowest BCUT2D eigenvalue weighted by Gasteiger charge is -2.17. The van der Waals surface area contributed by atoms with Gasteiger partial charge in [-0.25, -0.2) is 4.79 Å². The number of carbonyl (C=O) groups is 1. The third-order valence-corrected chi connectivity index (χ3v) is 2.89. The highest BCUT2D eigenvalue weighted by molar-refractivity contribution is 9.10. The molecule has 1 rings (SSSR count). The molecule has 0 heterocycles. The SMILES string of the molecule is O=C(O)C(O)C(O)c1ccc(C(F)(F)F)cc1Br. The second-order valence-electron chi connectivity index (χ2n) is 3.46. The molecule has 0 aromatic heterocycles. The monoisotopic (exact) mass is 328 g/mol. The van der Waals surface area contributed by atoms with Crippen LogP contribution in [0.2, 0.25) is 0 Å². The van der Waals surface area contributed by atoms with E-state index in [2.05, 4.69) is 15.9 Å². The molecule has 0 aliphatic heterocycles. The minimum Gasteiger partial charge on any atom is -0.479 e.